The highest BCUT2D eigenvalue weighted by Gasteiger charge is 2.36. The van der Waals surface area contributed by atoms with Crippen LogP contribution in [-0.2, 0) is 10.9 Å². The Bertz CT molecular complexity index is 1290. The van der Waals surface area contributed by atoms with E-state index in [1.165, 1.54) is 23.5 Å². The summed E-state index contributed by atoms with van der Waals surface area (Å²) in [5.74, 6) is 1.15. The zero-order valence-electron chi connectivity index (χ0n) is 21.7. The molecular weight excluding hydrogens is 531 g/mol. The number of aromatic nitrogens is 1. The second-order valence-corrected chi connectivity index (χ2v) is 10.6. The van der Waals surface area contributed by atoms with Gasteiger partial charge >= 0.3 is 12.2 Å². The number of urea groups is 1. The Morgan fingerprint density at radius 1 is 1.00 bits per heavy atom. The first-order valence-corrected chi connectivity index (χ1v) is 13.6. The Hall–Kier alpha value is -3.31. The fraction of sp³-hybridized carbons (Fsp3) is 0.429. The molecule has 0 spiro atoms. The highest BCUT2D eigenvalue weighted by Crippen LogP contribution is 2.41. The quantitative estimate of drug-likeness (QED) is 0.390. The molecule has 7 nitrogen and oxygen atoms in total. The van der Waals surface area contributed by atoms with Crippen molar-refractivity contribution in [3.8, 4) is 22.8 Å². The Labute approximate surface area is 229 Å². The lowest BCUT2D eigenvalue weighted by atomic mass is 9.84. The monoisotopic (exact) mass is 561 g/mol. The number of carbonyl (C=O) groups is 1. The number of ether oxygens (including phenoxy) is 3. The van der Waals surface area contributed by atoms with Crippen molar-refractivity contribution in [1.82, 2.24) is 14.8 Å². The maximum Gasteiger partial charge on any atom is 0.416 e. The predicted molar refractivity (Wildman–Crippen MR) is 142 cm³/mol. The van der Waals surface area contributed by atoms with Crippen molar-refractivity contribution in [3.63, 3.8) is 0 Å². The molecule has 39 heavy (non-hydrogen) atoms. The average Bonchev–Trinajstić information content (AvgIpc) is 3.46. The van der Waals surface area contributed by atoms with Crippen LogP contribution in [0, 0.1) is 0 Å². The number of methoxy groups -OCH3 is 2. The van der Waals surface area contributed by atoms with Gasteiger partial charge in [-0.3, -0.25) is 0 Å². The van der Waals surface area contributed by atoms with Crippen LogP contribution in [0.3, 0.4) is 0 Å². The molecule has 2 saturated heterocycles. The van der Waals surface area contributed by atoms with E-state index < -0.39 is 11.7 Å². The zero-order valence-corrected chi connectivity index (χ0v) is 22.6. The Morgan fingerprint density at radius 2 is 1.72 bits per heavy atom. The van der Waals surface area contributed by atoms with Gasteiger partial charge in [-0.25, -0.2) is 9.78 Å². The first kappa shape index (κ1) is 27.3. The lowest BCUT2D eigenvalue weighted by Crippen LogP contribution is -2.52. The lowest BCUT2D eigenvalue weighted by molar-refractivity contribution is -0.137. The van der Waals surface area contributed by atoms with Gasteiger partial charge in [0.1, 0.15) is 11.5 Å². The second-order valence-electron chi connectivity index (χ2n) is 9.67. The number of morpholine rings is 1. The number of benzene rings is 2. The van der Waals surface area contributed by atoms with E-state index >= 15 is 0 Å². The van der Waals surface area contributed by atoms with Crippen LogP contribution in [0.1, 0.15) is 34.4 Å². The summed E-state index contributed by atoms with van der Waals surface area (Å²) in [7, 11) is 3.20. The molecule has 2 aliphatic rings. The zero-order chi connectivity index (χ0) is 27.6. The predicted octanol–water partition coefficient (Wildman–Crippen LogP) is 5.87. The summed E-state index contributed by atoms with van der Waals surface area (Å²) in [6.45, 7) is 2.92. The van der Waals surface area contributed by atoms with E-state index in [-0.39, 0.29) is 17.9 Å². The number of carbonyl (C=O) groups excluding carboxylic acids is 1. The minimum absolute atomic E-state index is 0.0774. The molecule has 2 atom stereocenters. The lowest BCUT2D eigenvalue weighted by Gasteiger charge is -2.40. The summed E-state index contributed by atoms with van der Waals surface area (Å²) in [6.07, 6.45) is -3.73. The van der Waals surface area contributed by atoms with Crippen LogP contribution in [-0.4, -0.2) is 74.4 Å². The molecule has 0 N–H and O–H groups in total. The molecule has 0 saturated carbocycles. The van der Waals surface area contributed by atoms with Crippen molar-refractivity contribution in [3.05, 3.63) is 64.0 Å². The molecule has 2 aliphatic heterocycles. The number of hydrogen-bond acceptors (Lipinski definition) is 6. The molecule has 0 bridgehead atoms. The Kier molecular flexibility index (Phi) is 7.99. The van der Waals surface area contributed by atoms with Gasteiger partial charge < -0.3 is 24.0 Å². The van der Waals surface area contributed by atoms with E-state index in [2.05, 4.69) is 0 Å². The molecule has 2 fully saturated rings. The van der Waals surface area contributed by atoms with Crippen LogP contribution in [0.15, 0.2) is 47.8 Å². The van der Waals surface area contributed by atoms with Gasteiger partial charge in [0.25, 0.3) is 0 Å². The number of alkyl halides is 3. The molecule has 0 aliphatic carbocycles. The standard InChI is InChI=1S/C28H30F3N3O4S/c1-36-22-7-8-25(37-2)23(14-22)24-17-39-26(32-24)20-13-19(18-3-5-21(6-4-18)28(29,30)31)15-34(16-20)27(35)33-9-11-38-12-10-33/h3-8,14,17,19-20H,9-13,15-16H2,1-2H3/t19-,20+/m1/s1. The van der Waals surface area contributed by atoms with Gasteiger partial charge in [0.05, 0.1) is 43.7 Å². The summed E-state index contributed by atoms with van der Waals surface area (Å²) in [5, 5.41) is 2.83. The summed E-state index contributed by atoms with van der Waals surface area (Å²) in [5.41, 5.74) is 1.64. The van der Waals surface area contributed by atoms with Gasteiger partial charge in [-0.05, 0) is 42.3 Å². The highest BCUT2D eigenvalue weighted by molar-refractivity contribution is 7.10. The smallest absolute Gasteiger partial charge is 0.416 e. The number of amides is 2. The molecule has 0 unspecified atom stereocenters. The third-order valence-corrected chi connectivity index (χ3v) is 8.27. The van der Waals surface area contributed by atoms with Crippen molar-refractivity contribution >= 4 is 17.4 Å². The number of rotatable bonds is 5. The van der Waals surface area contributed by atoms with Gasteiger partial charge in [0.15, 0.2) is 0 Å². The maximum atomic E-state index is 13.5. The molecule has 3 heterocycles. The van der Waals surface area contributed by atoms with E-state index in [1.807, 2.05) is 28.5 Å². The Balaban J connectivity index is 1.44. The van der Waals surface area contributed by atoms with Crippen molar-refractivity contribution in [1.29, 1.82) is 0 Å². The molecule has 5 rings (SSSR count). The highest BCUT2D eigenvalue weighted by atomic mass is 32.1. The van der Waals surface area contributed by atoms with E-state index in [1.54, 1.807) is 19.1 Å². The van der Waals surface area contributed by atoms with E-state index in [4.69, 9.17) is 19.2 Å². The van der Waals surface area contributed by atoms with Crippen molar-refractivity contribution in [2.75, 3.05) is 53.6 Å². The summed E-state index contributed by atoms with van der Waals surface area (Å²) < 4.78 is 55.8. The topological polar surface area (TPSA) is 64.1 Å². The first-order chi connectivity index (χ1) is 18.8. The van der Waals surface area contributed by atoms with Crippen molar-refractivity contribution in [2.45, 2.75) is 24.4 Å². The normalized spacial score (nSPS) is 20.1. The van der Waals surface area contributed by atoms with Gasteiger partial charge in [-0.15, -0.1) is 11.3 Å². The number of halogens is 3. The maximum absolute atomic E-state index is 13.5. The summed E-state index contributed by atoms with van der Waals surface area (Å²) >= 11 is 1.51. The number of nitrogens with zero attached hydrogens (tertiary/aromatic N) is 3. The third-order valence-electron chi connectivity index (χ3n) is 7.27. The summed E-state index contributed by atoms with van der Waals surface area (Å²) in [4.78, 5) is 22.0. The van der Waals surface area contributed by atoms with Gasteiger partial charge in [0.2, 0.25) is 0 Å². The van der Waals surface area contributed by atoms with Crippen LogP contribution >= 0.6 is 11.3 Å². The Morgan fingerprint density at radius 3 is 2.38 bits per heavy atom. The fourth-order valence-electron chi connectivity index (χ4n) is 5.19. The number of likely N-dealkylation sites (tertiary alicyclic amines) is 1. The van der Waals surface area contributed by atoms with E-state index in [0.29, 0.717) is 57.3 Å². The van der Waals surface area contributed by atoms with E-state index in [9.17, 15) is 18.0 Å². The molecule has 11 heteroatoms. The number of piperidine rings is 1. The molecule has 1 aromatic heterocycles. The van der Waals surface area contributed by atoms with Gasteiger partial charge in [-0.1, -0.05) is 12.1 Å². The molecule has 0 radical (unpaired) electrons. The van der Waals surface area contributed by atoms with E-state index in [0.717, 1.165) is 34.0 Å². The molecule has 2 aromatic carbocycles. The second kappa shape index (κ2) is 11.4. The van der Waals surface area contributed by atoms with Gasteiger partial charge in [0, 0.05) is 49.0 Å². The average molecular weight is 562 g/mol. The summed E-state index contributed by atoms with van der Waals surface area (Å²) in [6, 6.07) is 10.7. The van der Waals surface area contributed by atoms with Gasteiger partial charge in [-0.2, -0.15) is 13.2 Å². The SMILES string of the molecule is COc1ccc(OC)c(-c2csc([C@H]3C[C@@H](c4ccc(C(F)(F)F)cc4)CN(C(=O)N4CCOCC4)C3)n2)c1. The van der Waals surface area contributed by atoms with Crippen LogP contribution in [0.25, 0.3) is 11.3 Å². The molecule has 2 amide bonds. The molecule has 3 aromatic rings. The number of hydrogen-bond donors (Lipinski definition) is 0. The van der Waals surface area contributed by atoms with Crippen LogP contribution < -0.4 is 9.47 Å². The molecular formula is C28H30F3N3O4S. The van der Waals surface area contributed by atoms with Crippen molar-refractivity contribution in [2.24, 2.45) is 0 Å². The van der Waals surface area contributed by atoms with Crippen molar-refractivity contribution < 1.29 is 32.2 Å². The largest absolute Gasteiger partial charge is 0.497 e. The minimum Gasteiger partial charge on any atom is -0.497 e. The van der Waals surface area contributed by atoms with Crippen LogP contribution in [0.2, 0.25) is 0 Å². The molecule has 208 valence electrons. The minimum atomic E-state index is -4.40. The van der Waals surface area contributed by atoms with Crippen LogP contribution in [0.5, 0.6) is 11.5 Å². The first-order valence-electron chi connectivity index (χ1n) is 12.7. The fourth-order valence-corrected chi connectivity index (χ4v) is 6.11. The third kappa shape index (κ3) is 5.99. The van der Waals surface area contributed by atoms with Crippen LogP contribution in [0.4, 0.5) is 18.0 Å². The number of thiazole rings is 1.